The lowest BCUT2D eigenvalue weighted by Crippen LogP contribution is -2.01. The van der Waals surface area contributed by atoms with Crippen molar-refractivity contribution in [2.24, 2.45) is 0 Å². The van der Waals surface area contributed by atoms with Crippen LogP contribution in [-0.2, 0) is 9.59 Å². The predicted octanol–water partition coefficient (Wildman–Crippen LogP) is 1.01. The van der Waals surface area contributed by atoms with Crippen LogP contribution in [0.3, 0.4) is 0 Å². The second-order valence-corrected chi connectivity index (χ2v) is 4.46. The molecule has 0 rings (SSSR count). The fourth-order valence-corrected chi connectivity index (χ4v) is 2.10. The van der Waals surface area contributed by atoms with Gasteiger partial charge in [-0.3, -0.25) is 9.59 Å². The van der Waals surface area contributed by atoms with Gasteiger partial charge in [-0.1, -0.05) is 0 Å². The maximum absolute atomic E-state index is 10.1. The first-order chi connectivity index (χ1) is 6.13. The fourth-order valence-electron chi connectivity index (χ4n) is 0.582. The predicted molar refractivity (Wildman–Crippen MR) is 54.5 cm³/mol. The number of aliphatic carboxylic acids is 2. The molecule has 0 atom stereocenters. The third-order valence-electron chi connectivity index (χ3n) is 1.03. The lowest BCUT2D eigenvalue weighted by Gasteiger charge is -1.97. The second-order valence-electron chi connectivity index (χ2n) is 2.25. The van der Waals surface area contributed by atoms with Crippen molar-refractivity contribution in [2.75, 3.05) is 23.0 Å². The number of thioether (sulfide) groups is 2. The highest BCUT2D eigenvalue weighted by Crippen LogP contribution is 2.07. The van der Waals surface area contributed by atoms with Gasteiger partial charge >= 0.3 is 11.9 Å². The molecule has 0 radical (unpaired) electrons. The van der Waals surface area contributed by atoms with Crippen LogP contribution in [0.2, 0.25) is 0 Å². The highest BCUT2D eigenvalue weighted by molar-refractivity contribution is 8.00. The number of rotatable bonds is 8. The zero-order valence-electron chi connectivity index (χ0n) is 7.06. The van der Waals surface area contributed by atoms with Gasteiger partial charge in [0.15, 0.2) is 0 Å². The van der Waals surface area contributed by atoms with Gasteiger partial charge in [0, 0.05) is 0 Å². The van der Waals surface area contributed by atoms with E-state index in [4.69, 9.17) is 10.2 Å². The van der Waals surface area contributed by atoms with Crippen molar-refractivity contribution in [2.45, 2.75) is 6.42 Å². The summed E-state index contributed by atoms with van der Waals surface area (Å²) in [4.78, 5) is 20.1. The number of hydrogen-bond donors (Lipinski definition) is 2. The summed E-state index contributed by atoms with van der Waals surface area (Å²) < 4.78 is 0. The van der Waals surface area contributed by atoms with E-state index < -0.39 is 11.9 Å². The molecule has 0 saturated carbocycles. The minimum Gasteiger partial charge on any atom is -0.481 e. The van der Waals surface area contributed by atoms with Crippen LogP contribution in [0.5, 0.6) is 0 Å². The minimum absolute atomic E-state index is 0.129. The first-order valence-electron chi connectivity index (χ1n) is 3.72. The molecule has 0 spiro atoms. The summed E-state index contributed by atoms with van der Waals surface area (Å²) in [6, 6.07) is 0. The average molecular weight is 224 g/mol. The van der Waals surface area contributed by atoms with Gasteiger partial charge in [-0.15, -0.1) is 0 Å². The van der Waals surface area contributed by atoms with Gasteiger partial charge in [-0.05, 0) is 17.9 Å². The first-order valence-corrected chi connectivity index (χ1v) is 6.03. The number of hydrogen-bond acceptors (Lipinski definition) is 4. The Morgan fingerprint density at radius 1 is 0.923 bits per heavy atom. The SMILES string of the molecule is O=C(O)CSCCCSCC(=O)O. The van der Waals surface area contributed by atoms with Crippen LogP contribution in [-0.4, -0.2) is 45.2 Å². The molecule has 0 saturated heterocycles. The van der Waals surface area contributed by atoms with Crippen molar-refractivity contribution >= 4 is 35.5 Å². The molecule has 4 nitrogen and oxygen atoms in total. The molecule has 0 unspecified atom stereocenters. The lowest BCUT2D eigenvalue weighted by atomic mass is 10.6. The van der Waals surface area contributed by atoms with Crippen LogP contribution in [0, 0.1) is 0 Å². The lowest BCUT2D eigenvalue weighted by molar-refractivity contribution is -0.134. The van der Waals surface area contributed by atoms with Gasteiger partial charge < -0.3 is 10.2 Å². The molecule has 6 heteroatoms. The largest absolute Gasteiger partial charge is 0.481 e. The van der Waals surface area contributed by atoms with Crippen molar-refractivity contribution in [3.8, 4) is 0 Å². The van der Waals surface area contributed by atoms with Gasteiger partial charge in [0.05, 0.1) is 11.5 Å². The maximum Gasteiger partial charge on any atom is 0.313 e. The molecule has 0 aromatic heterocycles. The van der Waals surface area contributed by atoms with Gasteiger partial charge in [-0.2, -0.15) is 23.5 Å². The molecule has 0 heterocycles. The minimum atomic E-state index is -0.803. The Kier molecular flexibility index (Phi) is 8.02. The monoisotopic (exact) mass is 224 g/mol. The van der Waals surface area contributed by atoms with E-state index in [0.717, 1.165) is 17.9 Å². The van der Waals surface area contributed by atoms with Crippen LogP contribution in [0.15, 0.2) is 0 Å². The molecule has 2 N–H and O–H groups in total. The summed E-state index contributed by atoms with van der Waals surface area (Å²) in [6.07, 6.45) is 0.857. The van der Waals surface area contributed by atoms with Gasteiger partial charge in [-0.25, -0.2) is 0 Å². The van der Waals surface area contributed by atoms with Gasteiger partial charge in [0.25, 0.3) is 0 Å². The first kappa shape index (κ1) is 12.6. The van der Waals surface area contributed by atoms with Gasteiger partial charge in [0.1, 0.15) is 0 Å². The van der Waals surface area contributed by atoms with Crippen molar-refractivity contribution < 1.29 is 19.8 Å². The summed E-state index contributed by atoms with van der Waals surface area (Å²) in [5.41, 5.74) is 0. The molecule has 0 bridgehead atoms. The van der Waals surface area contributed by atoms with Crippen molar-refractivity contribution in [3.63, 3.8) is 0 Å². The van der Waals surface area contributed by atoms with Crippen molar-refractivity contribution in [1.29, 1.82) is 0 Å². The van der Waals surface area contributed by atoms with Crippen LogP contribution < -0.4 is 0 Å². The summed E-state index contributed by atoms with van der Waals surface area (Å²) in [6.45, 7) is 0. The van der Waals surface area contributed by atoms with Crippen LogP contribution in [0.25, 0.3) is 0 Å². The fraction of sp³-hybridized carbons (Fsp3) is 0.714. The third kappa shape index (κ3) is 11.6. The summed E-state index contributed by atoms with van der Waals surface area (Å²) in [5, 5.41) is 16.6. The molecule has 0 aliphatic rings. The summed E-state index contributed by atoms with van der Waals surface area (Å²) in [5.74, 6) is 0.205. The number of carboxylic acids is 2. The molecule has 0 amide bonds. The summed E-state index contributed by atoms with van der Waals surface area (Å²) in [7, 11) is 0. The number of carbonyl (C=O) groups is 2. The Bertz CT molecular complexity index is 154. The molecular formula is C7H12O4S2. The average Bonchev–Trinajstić information content (AvgIpc) is 2.01. The Morgan fingerprint density at radius 3 is 1.62 bits per heavy atom. The molecule has 0 fully saturated rings. The zero-order valence-corrected chi connectivity index (χ0v) is 8.70. The number of carboxylic acid groups (broad SMARTS) is 2. The van der Waals surface area contributed by atoms with E-state index in [2.05, 4.69) is 0 Å². The molecule has 0 aromatic carbocycles. The standard InChI is InChI=1S/C7H12O4S2/c8-6(9)4-12-2-1-3-13-5-7(10)11/h1-5H2,(H,8,9)(H,10,11). The molecule has 13 heavy (non-hydrogen) atoms. The van der Waals surface area contributed by atoms with Crippen LogP contribution in [0.1, 0.15) is 6.42 Å². The quantitative estimate of drug-likeness (QED) is 0.599. The Hall–Kier alpha value is -0.360. The highest BCUT2D eigenvalue weighted by atomic mass is 32.2. The van der Waals surface area contributed by atoms with Crippen molar-refractivity contribution in [3.05, 3.63) is 0 Å². The van der Waals surface area contributed by atoms with E-state index >= 15 is 0 Å². The van der Waals surface area contributed by atoms with E-state index in [-0.39, 0.29) is 11.5 Å². The Morgan fingerprint density at radius 2 is 1.31 bits per heavy atom. The third-order valence-corrected chi connectivity index (χ3v) is 3.09. The van der Waals surface area contributed by atoms with E-state index in [1.165, 1.54) is 23.5 Å². The van der Waals surface area contributed by atoms with E-state index in [0.29, 0.717) is 0 Å². The van der Waals surface area contributed by atoms with Crippen LogP contribution in [0.4, 0.5) is 0 Å². The van der Waals surface area contributed by atoms with Crippen LogP contribution >= 0.6 is 23.5 Å². The van der Waals surface area contributed by atoms with Crippen molar-refractivity contribution in [1.82, 2.24) is 0 Å². The van der Waals surface area contributed by atoms with E-state index in [9.17, 15) is 9.59 Å². The van der Waals surface area contributed by atoms with E-state index in [1.807, 2.05) is 0 Å². The highest BCUT2D eigenvalue weighted by Gasteiger charge is 1.98. The Balaban J connectivity index is 3.00. The second kappa shape index (κ2) is 8.25. The molecular weight excluding hydrogens is 212 g/mol. The molecule has 76 valence electrons. The summed E-state index contributed by atoms with van der Waals surface area (Å²) >= 11 is 2.72. The maximum atomic E-state index is 10.1. The van der Waals surface area contributed by atoms with Gasteiger partial charge in [0.2, 0.25) is 0 Å². The molecule has 0 aliphatic carbocycles. The smallest absolute Gasteiger partial charge is 0.313 e. The topological polar surface area (TPSA) is 74.6 Å². The molecule has 0 aliphatic heterocycles. The Labute approximate surface area is 85.1 Å². The normalized spacial score (nSPS) is 9.85. The zero-order chi connectivity index (χ0) is 10.1. The molecule has 0 aromatic rings. The van der Waals surface area contributed by atoms with E-state index in [1.54, 1.807) is 0 Å².